The fraction of sp³-hybridized carbons (Fsp3) is 0.100. The van der Waals surface area contributed by atoms with Crippen LogP contribution in [0.1, 0.15) is 0 Å². The van der Waals surface area contributed by atoms with E-state index in [-0.39, 0.29) is 0 Å². The second-order valence-electron chi connectivity index (χ2n) is 3.21. The average Bonchev–Trinajstić information content (AvgIpc) is 2.61. The van der Waals surface area contributed by atoms with Gasteiger partial charge >= 0.3 is 0 Å². The number of fused-ring (bicyclic) bond motifs is 3. The van der Waals surface area contributed by atoms with E-state index in [1.807, 2.05) is 30.5 Å². The number of rotatable bonds is 0. The summed E-state index contributed by atoms with van der Waals surface area (Å²) in [6.07, 6.45) is 3.77. The summed E-state index contributed by atoms with van der Waals surface area (Å²) in [5.41, 5.74) is 8.30. The lowest BCUT2D eigenvalue weighted by Gasteiger charge is -2.17. The summed E-state index contributed by atoms with van der Waals surface area (Å²) in [7, 11) is 0. The minimum Gasteiger partial charge on any atom is -0.310 e. The van der Waals surface area contributed by atoms with Crippen molar-refractivity contribution in [1.82, 2.24) is 10.9 Å². The largest absolute Gasteiger partial charge is 0.310 e. The molecule has 1 aromatic rings. The molecule has 0 radical (unpaired) electrons. The minimum absolute atomic E-state index is 0.770. The normalized spacial score (nSPS) is 18.0. The van der Waals surface area contributed by atoms with Gasteiger partial charge in [-0.1, -0.05) is 12.1 Å². The highest BCUT2D eigenvalue weighted by Gasteiger charge is 2.20. The molecule has 4 nitrogen and oxygen atoms in total. The van der Waals surface area contributed by atoms with Gasteiger partial charge in [0.2, 0.25) is 0 Å². The molecule has 70 valence electrons. The molecule has 2 aliphatic rings. The Bertz CT molecular complexity index is 422. The lowest BCUT2D eigenvalue weighted by Crippen LogP contribution is -2.21. The van der Waals surface area contributed by atoms with Crippen molar-refractivity contribution in [2.75, 3.05) is 11.6 Å². The number of nitrogens with one attached hydrogen (secondary N) is 2. The second kappa shape index (κ2) is 2.85. The molecule has 1 saturated heterocycles. The zero-order valence-electron chi connectivity index (χ0n) is 7.57. The zero-order valence-corrected chi connectivity index (χ0v) is 7.57. The van der Waals surface area contributed by atoms with Gasteiger partial charge in [0, 0.05) is 6.21 Å². The number of anilines is 1. The Labute approximate surface area is 81.9 Å². The third-order valence-electron chi connectivity index (χ3n) is 2.36. The molecule has 0 aliphatic carbocycles. The Hall–Kier alpha value is -1.81. The third-order valence-corrected chi connectivity index (χ3v) is 2.36. The van der Waals surface area contributed by atoms with Gasteiger partial charge in [0.05, 0.1) is 18.0 Å². The fourth-order valence-electron chi connectivity index (χ4n) is 1.70. The third kappa shape index (κ3) is 1.01. The predicted octanol–water partition coefficient (Wildman–Crippen LogP) is 1.12. The summed E-state index contributed by atoms with van der Waals surface area (Å²) >= 11 is 0. The molecule has 2 heterocycles. The number of aliphatic imine (C=N–C) groups is 1. The molecule has 14 heavy (non-hydrogen) atoms. The van der Waals surface area contributed by atoms with E-state index in [0.717, 1.165) is 23.9 Å². The summed E-state index contributed by atoms with van der Waals surface area (Å²) < 4.78 is 0. The van der Waals surface area contributed by atoms with Crippen molar-refractivity contribution in [1.29, 1.82) is 0 Å². The van der Waals surface area contributed by atoms with E-state index in [1.165, 1.54) is 0 Å². The molecule has 2 aliphatic heterocycles. The first kappa shape index (κ1) is 7.58. The van der Waals surface area contributed by atoms with Gasteiger partial charge in [0.15, 0.2) is 0 Å². The predicted molar refractivity (Wildman–Crippen MR) is 56.3 cm³/mol. The molecule has 1 fully saturated rings. The molecule has 0 amide bonds. The molecule has 4 heteroatoms. The quantitative estimate of drug-likeness (QED) is 0.637. The van der Waals surface area contributed by atoms with Crippen LogP contribution in [0.3, 0.4) is 0 Å². The van der Waals surface area contributed by atoms with E-state index in [0.29, 0.717) is 0 Å². The lowest BCUT2D eigenvalue weighted by atomic mass is 10.2. The number of hydrogen-bond acceptors (Lipinski definition) is 4. The van der Waals surface area contributed by atoms with Gasteiger partial charge in [0.1, 0.15) is 5.82 Å². The van der Waals surface area contributed by atoms with Crippen molar-refractivity contribution in [2.24, 2.45) is 4.99 Å². The molecule has 1 aromatic carbocycles. The molecule has 0 spiro atoms. The Morgan fingerprint density at radius 3 is 3.21 bits per heavy atom. The molecule has 0 bridgehead atoms. The lowest BCUT2D eigenvalue weighted by molar-refractivity contribution is 0.721. The van der Waals surface area contributed by atoms with Crippen LogP contribution in [-0.2, 0) is 0 Å². The zero-order chi connectivity index (χ0) is 9.38. The van der Waals surface area contributed by atoms with Crippen molar-refractivity contribution >= 4 is 17.6 Å². The molecule has 0 atom stereocenters. The fourth-order valence-corrected chi connectivity index (χ4v) is 1.70. The van der Waals surface area contributed by atoms with Crippen LogP contribution in [0, 0.1) is 0 Å². The topological polar surface area (TPSA) is 39.7 Å². The van der Waals surface area contributed by atoms with E-state index < -0.39 is 0 Å². The Morgan fingerprint density at radius 2 is 2.21 bits per heavy atom. The average molecular weight is 186 g/mol. The summed E-state index contributed by atoms with van der Waals surface area (Å²) in [5.74, 6) is 1.04. The van der Waals surface area contributed by atoms with Crippen molar-refractivity contribution in [2.45, 2.75) is 0 Å². The maximum atomic E-state index is 4.36. The first-order chi connectivity index (χ1) is 6.95. The summed E-state index contributed by atoms with van der Waals surface area (Å²) in [4.78, 5) is 6.51. The van der Waals surface area contributed by atoms with E-state index in [1.54, 1.807) is 0 Å². The standard InChI is InChI=1S/C10H10N4/c1-2-4-9-8(3-1)11-6-5-10-13-12-7-14(9)10/h1-6,12-13H,7H2. The molecular weight excluding hydrogens is 176 g/mol. The van der Waals surface area contributed by atoms with Gasteiger partial charge in [0.25, 0.3) is 0 Å². The second-order valence-corrected chi connectivity index (χ2v) is 3.21. The van der Waals surface area contributed by atoms with Crippen LogP contribution in [-0.4, -0.2) is 12.9 Å². The maximum absolute atomic E-state index is 4.36. The molecule has 0 unspecified atom stereocenters. The van der Waals surface area contributed by atoms with E-state index in [2.05, 4.69) is 26.8 Å². The first-order valence-electron chi connectivity index (χ1n) is 4.55. The molecule has 2 N–H and O–H groups in total. The number of allylic oxidation sites excluding steroid dienone is 1. The number of nitrogens with zero attached hydrogens (tertiary/aromatic N) is 2. The number of para-hydroxylation sites is 2. The monoisotopic (exact) mass is 186 g/mol. The highest BCUT2D eigenvalue weighted by molar-refractivity contribution is 5.84. The van der Waals surface area contributed by atoms with Gasteiger partial charge < -0.3 is 10.3 Å². The molecule has 3 rings (SSSR count). The van der Waals surface area contributed by atoms with E-state index >= 15 is 0 Å². The Kier molecular flexibility index (Phi) is 1.54. The molecular formula is C10H10N4. The van der Waals surface area contributed by atoms with Crippen molar-refractivity contribution < 1.29 is 0 Å². The first-order valence-corrected chi connectivity index (χ1v) is 4.55. The van der Waals surface area contributed by atoms with Crippen LogP contribution in [0.5, 0.6) is 0 Å². The van der Waals surface area contributed by atoms with Crippen LogP contribution in [0.4, 0.5) is 11.4 Å². The number of hydrogen-bond donors (Lipinski definition) is 2. The molecule has 0 saturated carbocycles. The van der Waals surface area contributed by atoms with Gasteiger partial charge in [-0.2, -0.15) is 0 Å². The highest BCUT2D eigenvalue weighted by atomic mass is 15.6. The van der Waals surface area contributed by atoms with E-state index in [4.69, 9.17) is 0 Å². The number of hydrazine groups is 1. The maximum Gasteiger partial charge on any atom is 0.123 e. The SMILES string of the molecule is C1=Nc2ccccc2N2CNNC2=C1. The summed E-state index contributed by atoms with van der Waals surface area (Å²) in [5, 5.41) is 0. The van der Waals surface area contributed by atoms with Crippen molar-refractivity contribution in [3.05, 3.63) is 36.2 Å². The van der Waals surface area contributed by atoms with Gasteiger partial charge in [-0.05, 0) is 18.2 Å². The van der Waals surface area contributed by atoms with Gasteiger partial charge in [-0.3, -0.25) is 4.99 Å². The summed E-state index contributed by atoms with van der Waals surface area (Å²) in [6.45, 7) is 0.770. The Balaban J connectivity index is 2.17. The molecule has 0 aromatic heterocycles. The smallest absolute Gasteiger partial charge is 0.123 e. The van der Waals surface area contributed by atoms with Crippen LogP contribution in [0.25, 0.3) is 0 Å². The number of benzene rings is 1. The van der Waals surface area contributed by atoms with Crippen LogP contribution in [0.2, 0.25) is 0 Å². The summed E-state index contributed by atoms with van der Waals surface area (Å²) in [6, 6.07) is 8.11. The van der Waals surface area contributed by atoms with Crippen molar-refractivity contribution in [3.63, 3.8) is 0 Å². The van der Waals surface area contributed by atoms with Crippen LogP contribution in [0.15, 0.2) is 41.2 Å². The van der Waals surface area contributed by atoms with Crippen LogP contribution >= 0.6 is 0 Å². The van der Waals surface area contributed by atoms with Gasteiger partial charge in [-0.15, -0.1) is 0 Å². The van der Waals surface area contributed by atoms with Crippen molar-refractivity contribution in [3.8, 4) is 0 Å². The highest BCUT2D eigenvalue weighted by Crippen LogP contribution is 2.31. The minimum atomic E-state index is 0.770. The van der Waals surface area contributed by atoms with E-state index in [9.17, 15) is 0 Å². The Morgan fingerprint density at radius 1 is 1.29 bits per heavy atom. The van der Waals surface area contributed by atoms with Gasteiger partial charge in [-0.25, -0.2) is 5.43 Å². The van der Waals surface area contributed by atoms with Crippen LogP contribution < -0.4 is 15.8 Å².